The summed E-state index contributed by atoms with van der Waals surface area (Å²) in [5.74, 6) is 0.295. The van der Waals surface area contributed by atoms with Gasteiger partial charge in [0.15, 0.2) is 11.5 Å². The highest BCUT2D eigenvalue weighted by molar-refractivity contribution is 7.89. The molecule has 0 radical (unpaired) electrons. The van der Waals surface area contributed by atoms with E-state index in [1.54, 1.807) is 23.1 Å². The molecule has 5 rings (SSSR count). The zero-order chi connectivity index (χ0) is 23.7. The number of ether oxygens (including phenoxy) is 2. The summed E-state index contributed by atoms with van der Waals surface area (Å²) >= 11 is 0. The van der Waals surface area contributed by atoms with Gasteiger partial charge in [-0.3, -0.25) is 9.59 Å². The quantitative estimate of drug-likeness (QED) is 0.665. The third-order valence-corrected chi connectivity index (χ3v) is 8.33. The Labute approximate surface area is 198 Å². The summed E-state index contributed by atoms with van der Waals surface area (Å²) in [4.78, 5) is 30.1. The van der Waals surface area contributed by atoms with Crippen molar-refractivity contribution >= 4 is 27.5 Å². The molecule has 0 bridgehead atoms. The molecule has 1 aromatic carbocycles. The molecule has 2 amide bonds. The molecule has 0 saturated carbocycles. The number of rotatable bonds is 5. The van der Waals surface area contributed by atoms with E-state index >= 15 is 0 Å². The fourth-order valence-corrected chi connectivity index (χ4v) is 6.15. The van der Waals surface area contributed by atoms with Crippen molar-refractivity contribution in [3.63, 3.8) is 0 Å². The van der Waals surface area contributed by atoms with Gasteiger partial charge in [-0.2, -0.15) is 4.31 Å². The first-order valence-electron chi connectivity index (χ1n) is 11.6. The number of carbonyl (C=O) groups excluding carboxylic acids is 2. The molecule has 11 heteroatoms. The maximum Gasteiger partial charge on any atom is 0.270 e. The molecule has 4 heterocycles. The normalized spacial score (nSPS) is 20.8. The molecule has 0 spiro atoms. The Morgan fingerprint density at radius 3 is 2.56 bits per heavy atom. The molecular formula is C23H28N4O6S. The molecule has 34 heavy (non-hydrogen) atoms. The number of sulfonamides is 1. The molecule has 0 aliphatic carbocycles. The fraction of sp³-hybridized carbons (Fsp3) is 0.478. The van der Waals surface area contributed by atoms with Crippen LogP contribution in [0.5, 0.6) is 11.5 Å². The molecule has 10 nitrogen and oxygen atoms in total. The number of H-pyrrole nitrogens is 1. The lowest BCUT2D eigenvalue weighted by Gasteiger charge is -2.31. The SMILES string of the molecule is O=C(Nc1ccc2c(c1)OCCO2)C1CCCN(S(=O)(=O)c2c[nH]c(C(=O)N3CCCC3)c2)C1. The summed E-state index contributed by atoms with van der Waals surface area (Å²) in [5, 5.41) is 2.87. The number of nitrogens with zero attached hydrogens (tertiary/aromatic N) is 2. The van der Waals surface area contributed by atoms with Gasteiger partial charge in [-0.25, -0.2) is 8.42 Å². The fourth-order valence-electron chi connectivity index (χ4n) is 4.63. The zero-order valence-electron chi connectivity index (χ0n) is 18.8. The number of carbonyl (C=O) groups is 2. The van der Waals surface area contributed by atoms with E-state index < -0.39 is 15.9 Å². The van der Waals surface area contributed by atoms with Gasteiger partial charge in [0.05, 0.1) is 5.92 Å². The highest BCUT2D eigenvalue weighted by atomic mass is 32.2. The number of hydrogen-bond acceptors (Lipinski definition) is 6. The Morgan fingerprint density at radius 1 is 1.00 bits per heavy atom. The van der Waals surface area contributed by atoms with Crippen LogP contribution in [0.15, 0.2) is 35.4 Å². The van der Waals surface area contributed by atoms with Crippen LogP contribution < -0.4 is 14.8 Å². The van der Waals surface area contributed by atoms with E-state index in [0.717, 1.165) is 12.8 Å². The van der Waals surface area contributed by atoms with E-state index in [2.05, 4.69) is 10.3 Å². The van der Waals surface area contributed by atoms with Crippen LogP contribution in [0.3, 0.4) is 0 Å². The first-order valence-corrected chi connectivity index (χ1v) is 13.0. The number of amides is 2. The van der Waals surface area contributed by atoms with E-state index in [1.807, 2.05) is 0 Å². The topological polar surface area (TPSA) is 121 Å². The zero-order valence-corrected chi connectivity index (χ0v) is 19.6. The van der Waals surface area contributed by atoms with E-state index in [0.29, 0.717) is 62.9 Å². The number of nitrogens with one attached hydrogen (secondary N) is 2. The van der Waals surface area contributed by atoms with Gasteiger partial charge < -0.3 is 24.7 Å². The van der Waals surface area contributed by atoms with E-state index in [9.17, 15) is 18.0 Å². The van der Waals surface area contributed by atoms with Crippen LogP contribution in [0, 0.1) is 5.92 Å². The average molecular weight is 489 g/mol. The Hall–Kier alpha value is -3.05. The molecule has 2 fully saturated rings. The third kappa shape index (κ3) is 4.49. The standard InChI is InChI=1S/C23H28N4O6S/c28-22(25-17-5-6-20-21(12-17)33-11-10-32-20)16-4-3-9-27(15-16)34(30,31)18-13-19(24-14-18)23(29)26-7-1-2-8-26/h5-6,12-14,16,24H,1-4,7-11,15H2,(H,25,28). The van der Waals surface area contributed by atoms with Crippen molar-refractivity contribution in [2.45, 2.75) is 30.6 Å². The minimum Gasteiger partial charge on any atom is -0.486 e. The minimum atomic E-state index is -3.83. The van der Waals surface area contributed by atoms with Crippen LogP contribution in [0.1, 0.15) is 36.2 Å². The van der Waals surface area contributed by atoms with Crippen molar-refractivity contribution in [1.29, 1.82) is 0 Å². The van der Waals surface area contributed by atoms with Crippen molar-refractivity contribution in [2.24, 2.45) is 5.92 Å². The average Bonchev–Trinajstić information content (AvgIpc) is 3.57. The van der Waals surface area contributed by atoms with Crippen LogP contribution in [0.2, 0.25) is 0 Å². The van der Waals surface area contributed by atoms with Gasteiger partial charge in [-0.15, -0.1) is 0 Å². The second kappa shape index (κ2) is 9.30. The van der Waals surface area contributed by atoms with Gasteiger partial charge in [0.2, 0.25) is 15.9 Å². The van der Waals surface area contributed by atoms with Crippen LogP contribution in [0.25, 0.3) is 0 Å². The van der Waals surface area contributed by atoms with Crippen LogP contribution in [-0.4, -0.2) is 73.8 Å². The maximum atomic E-state index is 13.3. The number of fused-ring (bicyclic) bond motifs is 1. The number of likely N-dealkylation sites (tertiary alicyclic amines) is 1. The van der Waals surface area contributed by atoms with Gasteiger partial charge in [-0.05, 0) is 43.9 Å². The minimum absolute atomic E-state index is 0.0444. The number of aromatic amines is 1. The Kier molecular flexibility index (Phi) is 6.22. The molecule has 182 valence electrons. The summed E-state index contributed by atoms with van der Waals surface area (Å²) in [6.07, 6.45) is 4.44. The van der Waals surface area contributed by atoms with Gasteiger partial charge >= 0.3 is 0 Å². The van der Waals surface area contributed by atoms with E-state index in [4.69, 9.17) is 9.47 Å². The highest BCUT2D eigenvalue weighted by Gasteiger charge is 2.34. The largest absolute Gasteiger partial charge is 0.486 e. The first-order chi connectivity index (χ1) is 16.4. The second-order valence-corrected chi connectivity index (χ2v) is 10.7. The van der Waals surface area contributed by atoms with Crippen molar-refractivity contribution in [3.8, 4) is 11.5 Å². The van der Waals surface area contributed by atoms with Crippen LogP contribution in [-0.2, 0) is 14.8 Å². The van der Waals surface area contributed by atoms with E-state index in [-0.39, 0.29) is 28.9 Å². The molecule has 2 aromatic rings. The van der Waals surface area contributed by atoms with Crippen molar-refractivity contribution in [2.75, 3.05) is 44.7 Å². The summed E-state index contributed by atoms with van der Waals surface area (Å²) in [7, 11) is -3.83. The van der Waals surface area contributed by atoms with Crippen LogP contribution >= 0.6 is 0 Å². The Bertz CT molecular complexity index is 1190. The Morgan fingerprint density at radius 2 is 1.76 bits per heavy atom. The highest BCUT2D eigenvalue weighted by Crippen LogP contribution is 2.33. The van der Waals surface area contributed by atoms with E-state index in [1.165, 1.54) is 16.6 Å². The number of hydrogen-bond donors (Lipinski definition) is 2. The number of benzene rings is 1. The van der Waals surface area contributed by atoms with Gasteiger partial charge in [-0.1, -0.05) is 0 Å². The van der Waals surface area contributed by atoms with Gasteiger partial charge in [0.25, 0.3) is 5.91 Å². The molecule has 3 aliphatic rings. The predicted octanol–water partition coefficient (Wildman–Crippen LogP) is 2.06. The molecule has 2 saturated heterocycles. The number of anilines is 1. The summed E-state index contributed by atoms with van der Waals surface area (Å²) in [6.45, 7) is 2.72. The summed E-state index contributed by atoms with van der Waals surface area (Å²) in [5.41, 5.74) is 0.843. The van der Waals surface area contributed by atoms with Crippen molar-refractivity contribution in [3.05, 3.63) is 36.2 Å². The third-order valence-electron chi connectivity index (χ3n) is 6.48. The van der Waals surface area contributed by atoms with Crippen molar-refractivity contribution < 1.29 is 27.5 Å². The summed E-state index contributed by atoms with van der Waals surface area (Å²) < 4.78 is 38.9. The monoisotopic (exact) mass is 488 g/mol. The molecular weight excluding hydrogens is 460 g/mol. The molecule has 2 N–H and O–H groups in total. The molecule has 1 unspecified atom stereocenters. The van der Waals surface area contributed by atoms with Gasteiger partial charge in [0, 0.05) is 44.1 Å². The lowest BCUT2D eigenvalue weighted by Crippen LogP contribution is -2.43. The molecule has 3 aliphatic heterocycles. The van der Waals surface area contributed by atoms with Gasteiger partial charge in [0.1, 0.15) is 23.8 Å². The second-order valence-electron chi connectivity index (χ2n) is 8.80. The lowest BCUT2D eigenvalue weighted by atomic mass is 9.98. The Balaban J connectivity index is 1.25. The number of piperidine rings is 1. The predicted molar refractivity (Wildman–Crippen MR) is 123 cm³/mol. The smallest absolute Gasteiger partial charge is 0.270 e. The maximum absolute atomic E-state index is 13.3. The van der Waals surface area contributed by atoms with Crippen LogP contribution in [0.4, 0.5) is 5.69 Å². The number of aromatic nitrogens is 1. The molecule has 1 atom stereocenters. The van der Waals surface area contributed by atoms with Crippen molar-refractivity contribution in [1.82, 2.24) is 14.2 Å². The lowest BCUT2D eigenvalue weighted by molar-refractivity contribution is -0.120. The first kappa shape index (κ1) is 22.7. The summed E-state index contributed by atoms with van der Waals surface area (Å²) in [6, 6.07) is 6.59. The molecule has 1 aromatic heterocycles.